The predicted octanol–water partition coefficient (Wildman–Crippen LogP) is 11.0. The van der Waals surface area contributed by atoms with E-state index >= 15 is 0 Å². The van der Waals surface area contributed by atoms with Crippen LogP contribution in [0.1, 0.15) is 270 Å². The minimum atomic E-state index is -1.68. The number of esters is 7. The number of aliphatic hydroxyl groups is 9. The van der Waals surface area contributed by atoms with Crippen molar-refractivity contribution in [3.8, 4) is 0 Å². The Balaban J connectivity index is 0.00000155. The van der Waals surface area contributed by atoms with Crippen molar-refractivity contribution < 1.29 is 141 Å². The van der Waals surface area contributed by atoms with Crippen molar-refractivity contribution in [2.45, 2.75) is 375 Å². The molecule has 126 heavy (non-hydrogen) atoms. The monoisotopic (exact) mass is 1800 g/mol. The molecule has 4 heterocycles. The zero-order chi connectivity index (χ0) is 95.4. The lowest BCUT2D eigenvalue weighted by atomic mass is 9.88. The molecule has 15 atom stereocenters. The molecule has 4 aliphatic rings. The molecule has 6 rings (SSSR count). The zero-order valence-corrected chi connectivity index (χ0v) is 78.7. The molecule has 0 spiro atoms. The van der Waals surface area contributed by atoms with Gasteiger partial charge in [0.15, 0.2) is 55.5 Å². The molecule has 0 aromatic heterocycles. The summed E-state index contributed by atoms with van der Waals surface area (Å²) in [7, 11) is 0. The Hall–Kier alpha value is -7.12. The van der Waals surface area contributed by atoms with Crippen LogP contribution in [-0.4, -0.2) is 268 Å². The van der Waals surface area contributed by atoms with Crippen LogP contribution in [0.2, 0.25) is 0 Å². The lowest BCUT2D eigenvalue weighted by Gasteiger charge is -2.41. The van der Waals surface area contributed by atoms with Crippen LogP contribution in [0.15, 0.2) is 86.0 Å². The molecule has 2 aromatic carbocycles. The fourth-order valence-electron chi connectivity index (χ4n) is 12.1. The van der Waals surface area contributed by atoms with E-state index in [2.05, 4.69) is 119 Å². The number of rotatable bonds is 41. The standard InChI is InChI=1S/C25H45NO10.C20H37NO8.C13H21N.C12H16O8.C11H16.C9H18O2.C4H8O/c1-6-8-14-26(24(32)36-25(3,4)5)15-11-9-10-13-19(29)35-22-21(34-18(28)12-7-2)20(30)17(16-27)33-23(22)31;1-3-5-11-21-12-8-6-7-10-16(24)29-19-18(28-15(23)9-4-2)17(25)14(13-22)27-20(19)26;1-2-3-4-8-11-14-12-13-9-6-5-7-10-13;1-3-7(14)19-10-9(16)6(5-13)18-12(17)11(10)20-8(15)4-2;1-11(2,3)9-10-7-5-4-6-8-10;1-8(2,3)7(10)11-9(4,5)6;1-2-4-5-3-1/h17,20-23,27,30-31H,6-16H2,1-5H3;14,17-22,25-26H,3-13H2,1-2H3;5-7,9-10,14H,2-4,8,11-12H2,1H3;3-4,6,9-13,16-17H,1-2,5H2;4-8H,9H2,1-3H3;1-6H3;1-4H2/t17?,20-,21+,22?,23-;14?,17-,18+,19?,20-;;6?,9-,10+,11?,12-;;;/m11.1.../s1. The molecule has 4 fully saturated rings. The summed E-state index contributed by atoms with van der Waals surface area (Å²) in [6.07, 6.45) is -1.03. The predicted molar refractivity (Wildman–Crippen MR) is 476 cm³/mol. The molecule has 4 aliphatic heterocycles. The highest BCUT2D eigenvalue weighted by atomic mass is 16.7. The molecule has 1 amide bonds. The van der Waals surface area contributed by atoms with E-state index in [9.17, 15) is 79.2 Å². The van der Waals surface area contributed by atoms with E-state index in [-0.39, 0.29) is 43.3 Å². The van der Waals surface area contributed by atoms with Gasteiger partial charge in [-0.25, -0.2) is 14.4 Å². The van der Waals surface area contributed by atoms with Crippen molar-refractivity contribution in [1.82, 2.24) is 15.5 Å². The number of aliphatic hydroxyl groups excluding tert-OH is 9. The zero-order valence-electron chi connectivity index (χ0n) is 78.7. The van der Waals surface area contributed by atoms with Crippen LogP contribution in [0.25, 0.3) is 0 Å². The summed E-state index contributed by atoms with van der Waals surface area (Å²) in [5, 5.41) is 95.2. The molecular weight excluding hydrogens is 1640 g/mol. The first-order chi connectivity index (χ1) is 59.4. The van der Waals surface area contributed by atoms with E-state index in [0.29, 0.717) is 57.0 Å². The average molecular weight is 1800 g/mol. The smallest absolute Gasteiger partial charge is 0.410 e. The number of amides is 1. The fraction of sp³-hybridized carbons (Fsp3) is 0.745. The lowest BCUT2D eigenvalue weighted by Crippen LogP contribution is -2.61. The molecule has 32 nitrogen and oxygen atoms in total. The first kappa shape index (κ1) is 119. The molecule has 6 unspecified atom stereocenters. The number of nitrogens with zero attached hydrogens (tertiary/aromatic N) is 1. The van der Waals surface area contributed by atoms with Gasteiger partial charge in [0.25, 0.3) is 0 Å². The van der Waals surface area contributed by atoms with E-state index in [1.807, 2.05) is 69.2 Å². The second-order valence-corrected chi connectivity index (χ2v) is 35.3. The van der Waals surface area contributed by atoms with Gasteiger partial charge in [0, 0.05) is 70.7 Å². The van der Waals surface area contributed by atoms with Crippen LogP contribution in [-0.2, 0) is 103 Å². The number of hydrogen-bond acceptors (Lipinski definition) is 31. The Morgan fingerprint density at radius 1 is 0.421 bits per heavy atom. The van der Waals surface area contributed by atoms with E-state index in [0.717, 1.165) is 96.5 Å². The second-order valence-electron chi connectivity index (χ2n) is 35.3. The van der Waals surface area contributed by atoms with E-state index in [1.54, 1.807) is 18.7 Å². The maximum atomic E-state index is 12.4. The molecule has 0 saturated carbocycles. The molecule has 0 bridgehead atoms. The number of hydrogen-bond donors (Lipinski definition) is 11. The summed E-state index contributed by atoms with van der Waals surface area (Å²) >= 11 is 0. The molecule has 0 radical (unpaired) electrons. The Bertz CT molecular complexity index is 3240. The minimum absolute atomic E-state index is 0.0275. The van der Waals surface area contributed by atoms with Crippen molar-refractivity contribution in [3.63, 3.8) is 0 Å². The summed E-state index contributed by atoms with van der Waals surface area (Å²) in [6.45, 7) is 45.1. The number of carbonyl (C=O) groups excluding carboxylic acids is 8. The van der Waals surface area contributed by atoms with Crippen molar-refractivity contribution in [1.29, 1.82) is 0 Å². The normalized spacial score (nSPS) is 22.6. The first-order valence-corrected chi connectivity index (χ1v) is 45.0. The van der Waals surface area contributed by atoms with Crippen molar-refractivity contribution in [2.75, 3.05) is 65.8 Å². The maximum Gasteiger partial charge on any atom is 0.410 e. The van der Waals surface area contributed by atoms with Crippen molar-refractivity contribution in [2.24, 2.45) is 10.8 Å². The summed E-state index contributed by atoms with van der Waals surface area (Å²) in [5.74, 6) is -4.35. The van der Waals surface area contributed by atoms with Gasteiger partial charge in [0.2, 0.25) is 0 Å². The van der Waals surface area contributed by atoms with E-state index in [1.165, 1.54) is 49.7 Å². The van der Waals surface area contributed by atoms with Gasteiger partial charge in [-0.3, -0.25) is 24.0 Å². The number of ether oxygens (including phenoxy) is 12. The van der Waals surface area contributed by atoms with E-state index in [4.69, 9.17) is 61.9 Å². The highest BCUT2D eigenvalue weighted by Gasteiger charge is 2.52. The Morgan fingerprint density at radius 2 is 0.778 bits per heavy atom. The van der Waals surface area contributed by atoms with Crippen LogP contribution < -0.4 is 10.6 Å². The van der Waals surface area contributed by atoms with Gasteiger partial charge < -0.3 is 118 Å². The maximum absolute atomic E-state index is 12.4. The van der Waals surface area contributed by atoms with Crippen LogP contribution >= 0.6 is 0 Å². The van der Waals surface area contributed by atoms with E-state index < -0.39 is 159 Å². The molecule has 0 aliphatic carbocycles. The quantitative estimate of drug-likeness (QED) is 0.0127. The second kappa shape index (κ2) is 67.1. The largest absolute Gasteiger partial charge is 0.460 e. The van der Waals surface area contributed by atoms with Gasteiger partial charge >= 0.3 is 47.9 Å². The van der Waals surface area contributed by atoms with Gasteiger partial charge in [-0.15, -0.1) is 0 Å². The fourth-order valence-corrected chi connectivity index (χ4v) is 12.1. The van der Waals surface area contributed by atoms with Gasteiger partial charge in [-0.1, -0.05) is 174 Å². The molecule has 32 heteroatoms. The number of carbonyl (C=O) groups is 8. The van der Waals surface area contributed by atoms with Gasteiger partial charge in [-0.05, 0) is 176 Å². The number of nitrogens with one attached hydrogen (secondary N) is 2. The summed E-state index contributed by atoms with van der Waals surface area (Å²) in [5.41, 5.74) is 1.87. The third kappa shape index (κ3) is 55.0. The van der Waals surface area contributed by atoms with Crippen LogP contribution in [0.4, 0.5) is 4.79 Å². The average Bonchev–Trinajstić information content (AvgIpc) is 0.815. The van der Waals surface area contributed by atoms with Crippen molar-refractivity contribution in [3.05, 3.63) is 97.1 Å². The first-order valence-electron chi connectivity index (χ1n) is 45.0. The highest BCUT2D eigenvalue weighted by molar-refractivity contribution is 5.82. The van der Waals surface area contributed by atoms with Crippen LogP contribution in [0, 0.1) is 10.8 Å². The number of benzene rings is 2. The highest BCUT2D eigenvalue weighted by Crippen LogP contribution is 2.30. The third-order valence-electron chi connectivity index (χ3n) is 18.7. The van der Waals surface area contributed by atoms with Crippen molar-refractivity contribution >= 4 is 47.9 Å². The lowest BCUT2D eigenvalue weighted by molar-refractivity contribution is -0.293. The van der Waals surface area contributed by atoms with Crippen LogP contribution in [0.5, 0.6) is 0 Å². The SMILES string of the molecule is C1CCOC1.C=CC(=O)OC1[C@H](O)OC(CO)[C@@H](O)[C@@H]1OC(=O)C=C.CC(C)(C)Cc1ccccc1.CC(C)(C)OC(=O)C(C)(C)C.CCCCCCNCc1ccccc1.CCCCN(CCCCCC(=O)OC1[C@H](O)OC(CO)[C@@H](O)[C@@H]1OC(=O)CCC)C(=O)OC(C)(C)C.CCCCNCCCCCC(=O)OC1[C@H](O)OC(CO)[C@@H](O)[C@@H]1OC(=O)CCC. The summed E-state index contributed by atoms with van der Waals surface area (Å²) < 4.78 is 61.4. The number of unbranched alkanes of at least 4 members (excludes halogenated alkanes) is 9. The van der Waals surface area contributed by atoms with Crippen LogP contribution in [0.3, 0.4) is 0 Å². The molecule has 4 saturated heterocycles. The van der Waals surface area contributed by atoms with Gasteiger partial charge in [-0.2, -0.15) is 0 Å². The Labute approximate surface area is 750 Å². The topological polar surface area (TPSA) is 457 Å². The van der Waals surface area contributed by atoms with Gasteiger partial charge in [0.1, 0.15) is 47.8 Å². The molecular formula is C94H161N3O29. The Morgan fingerprint density at radius 3 is 1.14 bits per heavy atom. The molecule has 11 N–H and O–H groups in total. The minimum Gasteiger partial charge on any atom is -0.460 e. The molecule has 726 valence electrons. The Kier molecular flexibility index (Phi) is 63.3. The summed E-state index contributed by atoms with van der Waals surface area (Å²) in [4.78, 5) is 96.2. The van der Waals surface area contributed by atoms with Gasteiger partial charge in [0.05, 0.1) is 25.2 Å². The third-order valence-corrected chi connectivity index (χ3v) is 18.7. The molecule has 2 aromatic rings. The summed E-state index contributed by atoms with van der Waals surface area (Å²) in [6, 6.07) is 21.2.